The number of carboxylic acid groups (broad SMARTS) is 2. The van der Waals surface area contributed by atoms with Gasteiger partial charge in [-0.05, 0) is 36.1 Å². The highest BCUT2D eigenvalue weighted by Gasteiger charge is 2.46. The monoisotopic (exact) mass is 520 g/mol. The van der Waals surface area contributed by atoms with E-state index in [-0.39, 0.29) is 33.4 Å². The Balaban J connectivity index is 1.68. The number of benzene rings is 2. The molecule has 0 bridgehead atoms. The maximum Gasteiger partial charge on any atom is 0.327 e. The Morgan fingerprint density at radius 3 is 1.18 bits per heavy atom. The smallest absolute Gasteiger partial charge is 0.327 e. The van der Waals surface area contributed by atoms with Gasteiger partial charge in [0, 0.05) is 11.1 Å². The predicted molar refractivity (Wildman–Crippen MR) is 130 cm³/mol. The van der Waals surface area contributed by atoms with Crippen molar-refractivity contribution in [2.24, 2.45) is 11.8 Å². The average Bonchev–Trinajstić information content (AvgIpc) is 3.23. The van der Waals surface area contributed by atoms with Crippen LogP contribution in [0.2, 0.25) is 0 Å². The van der Waals surface area contributed by atoms with E-state index in [0.717, 1.165) is 0 Å². The van der Waals surface area contributed by atoms with E-state index in [9.17, 15) is 43.8 Å². The summed E-state index contributed by atoms with van der Waals surface area (Å²) in [7, 11) is 0. The Labute approximate surface area is 216 Å². The zero-order chi connectivity index (χ0) is 28.2. The molecule has 11 heteroatoms. The van der Waals surface area contributed by atoms with E-state index in [0.29, 0.717) is 9.80 Å². The summed E-state index contributed by atoms with van der Waals surface area (Å²) in [5.41, 5.74) is -0.292. The molecule has 0 saturated carbocycles. The van der Waals surface area contributed by atoms with Gasteiger partial charge in [-0.25, -0.2) is 9.59 Å². The molecule has 38 heavy (non-hydrogen) atoms. The fraction of sp³-hybridized carbons (Fsp3) is 0.296. The summed E-state index contributed by atoms with van der Waals surface area (Å²) in [5, 5.41) is 19.1. The van der Waals surface area contributed by atoms with Crippen LogP contribution in [0.1, 0.15) is 85.0 Å². The van der Waals surface area contributed by atoms with Gasteiger partial charge in [0.05, 0.1) is 22.3 Å². The van der Waals surface area contributed by atoms with Gasteiger partial charge in [-0.2, -0.15) is 0 Å². The number of nitrogens with zero attached hydrogens (tertiary/aromatic N) is 2. The topological polar surface area (TPSA) is 166 Å². The van der Waals surface area contributed by atoms with E-state index in [1.165, 1.54) is 36.4 Å². The molecule has 0 aromatic heterocycles. The molecule has 0 saturated heterocycles. The van der Waals surface area contributed by atoms with E-state index < -0.39 is 65.3 Å². The first-order chi connectivity index (χ1) is 17.8. The summed E-state index contributed by atoms with van der Waals surface area (Å²) in [6.45, 7) is 6.27. The van der Waals surface area contributed by atoms with Crippen LogP contribution in [0.15, 0.2) is 36.4 Å². The molecule has 4 amide bonds. The lowest BCUT2D eigenvalue weighted by molar-refractivity contribution is -0.143. The zero-order valence-corrected chi connectivity index (χ0v) is 20.9. The van der Waals surface area contributed by atoms with E-state index in [1.54, 1.807) is 27.7 Å². The molecule has 0 aliphatic carbocycles. The van der Waals surface area contributed by atoms with E-state index in [2.05, 4.69) is 0 Å². The summed E-state index contributed by atoms with van der Waals surface area (Å²) < 4.78 is 0. The van der Waals surface area contributed by atoms with Crippen molar-refractivity contribution in [3.05, 3.63) is 69.8 Å². The second-order valence-corrected chi connectivity index (χ2v) is 9.86. The maximum absolute atomic E-state index is 13.3. The molecular formula is C27H24N2O9. The van der Waals surface area contributed by atoms with Crippen molar-refractivity contribution >= 4 is 41.4 Å². The molecule has 196 valence electrons. The molecule has 2 aromatic carbocycles. The van der Waals surface area contributed by atoms with Crippen molar-refractivity contribution in [3.63, 3.8) is 0 Å². The Bertz CT molecular complexity index is 1350. The SMILES string of the molecule is CC(C)[C@@H](C(=O)O)N1C(=O)c2ccc(C(=O)c3ccc4c(c3)C(=O)N([C@H](C(=O)O)C(C)C)C4=O)cc2C1=O. The summed E-state index contributed by atoms with van der Waals surface area (Å²) in [5.74, 6) is -7.62. The number of carbonyl (C=O) groups is 7. The van der Waals surface area contributed by atoms with Gasteiger partial charge < -0.3 is 10.2 Å². The number of carboxylic acids is 2. The standard InChI is InChI=1S/C27H24N2O9/c1-11(2)19(26(35)36)28-22(31)15-7-5-13(9-17(15)24(28)33)21(30)14-6-8-16-18(10-14)25(34)29(23(16)32)20(12(3)4)27(37)38/h5-12,19-20H,1-4H3,(H,35,36)(H,37,38)/t19-,20-/m0/s1. The largest absolute Gasteiger partial charge is 0.480 e. The molecule has 11 nitrogen and oxygen atoms in total. The van der Waals surface area contributed by atoms with Crippen LogP contribution in [0.25, 0.3) is 0 Å². The van der Waals surface area contributed by atoms with Crippen LogP contribution in [0.3, 0.4) is 0 Å². The van der Waals surface area contributed by atoms with Gasteiger partial charge in [0.1, 0.15) is 12.1 Å². The number of aliphatic carboxylic acids is 2. The van der Waals surface area contributed by atoms with Crippen molar-refractivity contribution in [1.82, 2.24) is 9.80 Å². The molecule has 2 aliphatic heterocycles. The lowest BCUT2D eigenvalue weighted by Crippen LogP contribution is -2.47. The molecule has 2 N–H and O–H groups in total. The van der Waals surface area contributed by atoms with E-state index >= 15 is 0 Å². The van der Waals surface area contributed by atoms with Gasteiger partial charge in [0.2, 0.25) is 0 Å². The quantitative estimate of drug-likeness (QED) is 0.392. The van der Waals surface area contributed by atoms with Crippen LogP contribution in [-0.4, -0.2) is 73.4 Å². The number of hydrogen-bond acceptors (Lipinski definition) is 7. The van der Waals surface area contributed by atoms with Gasteiger partial charge in [0.25, 0.3) is 23.6 Å². The second kappa shape index (κ2) is 9.33. The summed E-state index contributed by atoms with van der Waals surface area (Å²) in [6.07, 6.45) is 0. The molecule has 0 unspecified atom stereocenters. The number of fused-ring (bicyclic) bond motifs is 2. The van der Waals surface area contributed by atoms with Crippen LogP contribution in [-0.2, 0) is 9.59 Å². The molecule has 0 fully saturated rings. The first kappa shape index (κ1) is 26.4. The zero-order valence-electron chi connectivity index (χ0n) is 20.9. The number of carbonyl (C=O) groups excluding carboxylic acids is 5. The van der Waals surface area contributed by atoms with Crippen LogP contribution in [0.5, 0.6) is 0 Å². The lowest BCUT2D eigenvalue weighted by atomic mass is 9.96. The minimum atomic E-state index is -1.38. The predicted octanol–water partition coefficient (Wildman–Crippen LogP) is 2.33. The van der Waals surface area contributed by atoms with Crippen molar-refractivity contribution in [2.75, 3.05) is 0 Å². The normalized spacial score (nSPS) is 16.3. The van der Waals surface area contributed by atoms with E-state index in [4.69, 9.17) is 0 Å². The fourth-order valence-corrected chi connectivity index (χ4v) is 4.86. The fourth-order valence-electron chi connectivity index (χ4n) is 4.86. The lowest BCUT2D eigenvalue weighted by Gasteiger charge is -2.25. The van der Waals surface area contributed by atoms with Gasteiger partial charge >= 0.3 is 11.9 Å². The molecule has 2 heterocycles. The Kier molecular flexibility index (Phi) is 6.48. The highest BCUT2D eigenvalue weighted by Crippen LogP contribution is 2.31. The molecule has 0 radical (unpaired) electrons. The molecule has 2 aromatic rings. The Hall–Kier alpha value is -4.67. The molecule has 2 aliphatic rings. The third-order valence-corrected chi connectivity index (χ3v) is 6.69. The summed E-state index contributed by atoms with van der Waals surface area (Å²) >= 11 is 0. The number of hydrogen-bond donors (Lipinski definition) is 2. The highest BCUT2D eigenvalue weighted by molar-refractivity contribution is 6.25. The first-order valence-electron chi connectivity index (χ1n) is 11.8. The van der Waals surface area contributed by atoms with Gasteiger partial charge in [-0.3, -0.25) is 33.8 Å². The summed E-state index contributed by atoms with van der Waals surface area (Å²) in [4.78, 5) is 89.7. The minimum Gasteiger partial charge on any atom is -0.480 e. The number of ketones is 1. The van der Waals surface area contributed by atoms with Crippen molar-refractivity contribution < 1.29 is 43.8 Å². The average molecular weight is 520 g/mol. The van der Waals surface area contributed by atoms with Gasteiger partial charge in [0.15, 0.2) is 5.78 Å². The van der Waals surface area contributed by atoms with E-state index in [1.807, 2.05) is 0 Å². The maximum atomic E-state index is 13.3. The van der Waals surface area contributed by atoms with Gasteiger partial charge in [-0.1, -0.05) is 39.8 Å². The van der Waals surface area contributed by atoms with Crippen molar-refractivity contribution in [2.45, 2.75) is 39.8 Å². The molecular weight excluding hydrogens is 496 g/mol. The first-order valence-corrected chi connectivity index (χ1v) is 11.8. The third-order valence-electron chi connectivity index (χ3n) is 6.69. The number of rotatable bonds is 8. The van der Waals surface area contributed by atoms with Crippen molar-refractivity contribution in [3.8, 4) is 0 Å². The Morgan fingerprint density at radius 2 is 0.895 bits per heavy atom. The van der Waals surface area contributed by atoms with Crippen LogP contribution < -0.4 is 0 Å². The van der Waals surface area contributed by atoms with Crippen LogP contribution in [0.4, 0.5) is 0 Å². The van der Waals surface area contributed by atoms with Crippen LogP contribution in [0, 0.1) is 11.8 Å². The number of imide groups is 2. The number of amides is 4. The van der Waals surface area contributed by atoms with Crippen LogP contribution >= 0.6 is 0 Å². The molecule has 2 atom stereocenters. The third kappa shape index (κ3) is 3.96. The summed E-state index contributed by atoms with van der Waals surface area (Å²) in [6, 6.07) is 4.79. The Morgan fingerprint density at radius 1 is 0.579 bits per heavy atom. The highest BCUT2D eigenvalue weighted by atomic mass is 16.4. The molecule has 4 rings (SSSR count). The van der Waals surface area contributed by atoms with Crippen molar-refractivity contribution in [1.29, 1.82) is 0 Å². The van der Waals surface area contributed by atoms with Gasteiger partial charge in [-0.15, -0.1) is 0 Å². The minimum absolute atomic E-state index is 0.00217. The molecule has 0 spiro atoms. The second-order valence-electron chi connectivity index (χ2n) is 9.86.